The van der Waals surface area contributed by atoms with Crippen LogP contribution >= 0.6 is 0 Å². The molecule has 138 valence electrons. The van der Waals surface area contributed by atoms with E-state index in [9.17, 15) is 9.59 Å². The molecule has 5 atom stereocenters. The number of ketones is 2. The molecule has 0 aromatic heterocycles. The molecule has 0 aromatic carbocycles. The van der Waals surface area contributed by atoms with Crippen molar-refractivity contribution >= 4 is 11.6 Å². The number of ether oxygens (including phenoxy) is 1. The van der Waals surface area contributed by atoms with Crippen LogP contribution in [0.3, 0.4) is 0 Å². The maximum Gasteiger partial charge on any atom is 0.197 e. The van der Waals surface area contributed by atoms with Gasteiger partial charge < -0.3 is 4.74 Å². The van der Waals surface area contributed by atoms with Crippen LogP contribution in [-0.4, -0.2) is 17.7 Å². The molecule has 0 unspecified atom stereocenters. The van der Waals surface area contributed by atoms with Crippen LogP contribution in [-0.2, 0) is 14.3 Å². The Morgan fingerprint density at radius 2 is 1.64 bits per heavy atom. The summed E-state index contributed by atoms with van der Waals surface area (Å²) in [5.74, 6) is 3.22. The van der Waals surface area contributed by atoms with Crippen molar-refractivity contribution in [1.29, 1.82) is 0 Å². The van der Waals surface area contributed by atoms with Gasteiger partial charge in [0.15, 0.2) is 11.5 Å². The number of hydrogen-bond acceptors (Lipinski definition) is 3. The second-order valence-electron chi connectivity index (χ2n) is 9.65. The van der Waals surface area contributed by atoms with E-state index in [1.807, 2.05) is 13.8 Å². The average molecular weight is 344 g/mol. The molecule has 3 nitrogen and oxygen atoms in total. The summed E-state index contributed by atoms with van der Waals surface area (Å²) >= 11 is 0. The van der Waals surface area contributed by atoms with E-state index in [1.54, 1.807) is 0 Å². The first-order chi connectivity index (χ1) is 11.8. The minimum Gasteiger partial charge on any atom is -0.487 e. The highest BCUT2D eigenvalue weighted by molar-refractivity contribution is 5.95. The Kier molecular flexibility index (Phi) is 3.94. The Morgan fingerprint density at radius 3 is 2.36 bits per heavy atom. The zero-order chi connectivity index (χ0) is 18.0. The van der Waals surface area contributed by atoms with E-state index >= 15 is 0 Å². The lowest BCUT2D eigenvalue weighted by atomic mass is 9.47. The SMILES string of the molecule is CC(C)OC1=C2CC[C@@H]3[C@H](CC[C@]4(C)C(=O)CC[C@@H]34)[C@@]2(C)CCC1=O. The molecule has 3 fully saturated rings. The fourth-order valence-electron chi connectivity index (χ4n) is 6.81. The van der Waals surface area contributed by atoms with Crippen LogP contribution in [0.15, 0.2) is 11.3 Å². The average Bonchev–Trinajstić information content (AvgIpc) is 2.86. The predicted molar refractivity (Wildman–Crippen MR) is 96.9 cm³/mol. The fourth-order valence-corrected chi connectivity index (χ4v) is 6.81. The Hall–Kier alpha value is -1.12. The number of fused-ring (bicyclic) bond motifs is 5. The van der Waals surface area contributed by atoms with Crippen molar-refractivity contribution in [2.75, 3.05) is 0 Å². The number of carbonyl (C=O) groups is 2. The molecule has 0 heterocycles. The Bertz CT molecular complexity index is 646. The standard InChI is InChI=1S/C22H32O3/c1-13(2)25-20-17-6-5-14-15-7-8-19(24)22(15,4)11-9-16(14)21(17,3)12-10-18(20)23/h13-16H,5-12H2,1-4H3/t14-,15-,16-,21+,22-/m0/s1. The number of Topliss-reactive ketones (excluding diaryl/α,β-unsaturated/α-hetero) is 2. The van der Waals surface area contributed by atoms with Crippen LogP contribution in [0, 0.1) is 28.6 Å². The van der Waals surface area contributed by atoms with E-state index < -0.39 is 0 Å². The van der Waals surface area contributed by atoms with E-state index in [0.717, 1.165) is 44.9 Å². The highest BCUT2D eigenvalue weighted by Gasteiger charge is 2.59. The summed E-state index contributed by atoms with van der Waals surface area (Å²) in [6, 6.07) is 0. The van der Waals surface area contributed by atoms with Gasteiger partial charge in [-0.05, 0) is 81.1 Å². The summed E-state index contributed by atoms with van der Waals surface area (Å²) in [5.41, 5.74) is 1.32. The minimum absolute atomic E-state index is 0.0497. The van der Waals surface area contributed by atoms with E-state index in [2.05, 4.69) is 13.8 Å². The Morgan fingerprint density at radius 1 is 0.920 bits per heavy atom. The summed E-state index contributed by atoms with van der Waals surface area (Å²) in [6.07, 6.45) is 7.77. The number of allylic oxidation sites excluding steroid dienone is 1. The molecule has 0 saturated heterocycles. The molecular weight excluding hydrogens is 312 g/mol. The summed E-state index contributed by atoms with van der Waals surface area (Å²) in [5, 5.41) is 0. The summed E-state index contributed by atoms with van der Waals surface area (Å²) in [7, 11) is 0. The van der Waals surface area contributed by atoms with Crippen LogP contribution in [0.1, 0.15) is 79.1 Å². The first-order valence-electron chi connectivity index (χ1n) is 10.2. The second-order valence-corrected chi connectivity index (χ2v) is 9.65. The normalized spacial score (nSPS) is 43.8. The van der Waals surface area contributed by atoms with Crippen molar-refractivity contribution in [3.05, 3.63) is 11.3 Å². The lowest BCUT2D eigenvalue weighted by Crippen LogP contribution is -2.51. The number of hydrogen-bond donors (Lipinski definition) is 0. The molecule has 4 aliphatic carbocycles. The van der Waals surface area contributed by atoms with Gasteiger partial charge in [0.2, 0.25) is 0 Å². The zero-order valence-electron chi connectivity index (χ0n) is 16.2. The smallest absolute Gasteiger partial charge is 0.197 e. The van der Waals surface area contributed by atoms with E-state index in [-0.39, 0.29) is 22.7 Å². The van der Waals surface area contributed by atoms with Crippen LogP contribution in [0.25, 0.3) is 0 Å². The molecule has 0 amide bonds. The molecule has 0 aromatic rings. The maximum atomic E-state index is 12.5. The molecule has 0 bridgehead atoms. The number of rotatable bonds is 2. The van der Waals surface area contributed by atoms with Crippen molar-refractivity contribution < 1.29 is 14.3 Å². The molecule has 3 saturated carbocycles. The van der Waals surface area contributed by atoms with E-state index in [0.29, 0.717) is 35.7 Å². The molecule has 0 radical (unpaired) electrons. The van der Waals surface area contributed by atoms with Crippen LogP contribution < -0.4 is 0 Å². The van der Waals surface area contributed by atoms with Gasteiger partial charge in [-0.2, -0.15) is 0 Å². The van der Waals surface area contributed by atoms with Gasteiger partial charge in [-0.1, -0.05) is 13.8 Å². The molecule has 25 heavy (non-hydrogen) atoms. The summed E-state index contributed by atoms with van der Waals surface area (Å²) in [6.45, 7) is 8.63. The monoisotopic (exact) mass is 344 g/mol. The van der Waals surface area contributed by atoms with Gasteiger partial charge in [-0.15, -0.1) is 0 Å². The summed E-state index contributed by atoms with van der Waals surface area (Å²) < 4.78 is 6.02. The first kappa shape index (κ1) is 17.3. The Labute approximate surface area is 151 Å². The molecule has 4 aliphatic rings. The Balaban J connectivity index is 1.71. The van der Waals surface area contributed by atoms with Gasteiger partial charge in [0.1, 0.15) is 5.78 Å². The predicted octanol–water partition coefficient (Wildman–Crippen LogP) is 4.84. The number of carbonyl (C=O) groups excluding carboxylic acids is 2. The zero-order valence-corrected chi connectivity index (χ0v) is 16.2. The van der Waals surface area contributed by atoms with Gasteiger partial charge in [0.25, 0.3) is 0 Å². The van der Waals surface area contributed by atoms with Crippen molar-refractivity contribution in [2.45, 2.75) is 85.2 Å². The topological polar surface area (TPSA) is 43.4 Å². The molecule has 0 spiro atoms. The molecule has 0 N–H and O–H groups in total. The van der Waals surface area contributed by atoms with Crippen molar-refractivity contribution in [2.24, 2.45) is 28.6 Å². The van der Waals surface area contributed by atoms with Crippen molar-refractivity contribution in [1.82, 2.24) is 0 Å². The molecule has 3 heteroatoms. The molecule has 4 rings (SSSR count). The lowest BCUT2D eigenvalue weighted by Gasteiger charge is -2.57. The third-order valence-electron chi connectivity index (χ3n) is 8.13. The lowest BCUT2D eigenvalue weighted by molar-refractivity contribution is -0.133. The minimum atomic E-state index is -0.0690. The summed E-state index contributed by atoms with van der Waals surface area (Å²) in [4.78, 5) is 25.0. The third-order valence-corrected chi connectivity index (χ3v) is 8.13. The van der Waals surface area contributed by atoms with Crippen molar-refractivity contribution in [3.8, 4) is 0 Å². The molecule has 0 aliphatic heterocycles. The first-order valence-corrected chi connectivity index (χ1v) is 10.2. The fraction of sp³-hybridized carbons (Fsp3) is 0.818. The van der Waals surface area contributed by atoms with Crippen LogP contribution in [0.4, 0.5) is 0 Å². The van der Waals surface area contributed by atoms with Gasteiger partial charge in [0.05, 0.1) is 6.10 Å². The van der Waals surface area contributed by atoms with Crippen molar-refractivity contribution in [3.63, 3.8) is 0 Å². The van der Waals surface area contributed by atoms with Gasteiger partial charge in [-0.25, -0.2) is 0 Å². The van der Waals surface area contributed by atoms with E-state index in [1.165, 1.54) is 5.57 Å². The quantitative estimate of drug-likeness (QED) is 0.720. The van der Waals surface area contributed by atoms with Crippen LogP contribution in [0.5, 0.6) is 0 Å². The van der Waals surface area contributed by atoms with E-state index in [4.69, 9.17) is 4.74 Å². The highest BCUT2D eigenvalue weighted by atomic mass is 16.5. The second kappa shape index (κ2) is 5.69. The largest absolute Gasteiger partial charge is 0.487 e. The molecular formula is C22H32O3. The van der Waals surface area contributed by atoms with Gasteiger partial charge >= 0.3 is 0 Å². The van der Waals surface area contributed by atoms with Gasteiger partial charge in [0, 0.05) is 18.3 Å². The van der Waals surface area contributed by atoms with Gasteiger partial charge in [-0.3, -0.25) is 9.59 Å². The van der Waals surface area contributed by atoms with Crippen LogP contribution in [0.2, 0.25) is 0 Å². The highest BCUT2D eigenvalue weighted by Crippen LogP contribution is 2.65. The third kappa shape index (κ3) is 2.37. The maximum absolute atomic E-state index is 12.5.